The number of para-hydroxylation sites is 1. The summed E-state index contributed by atoms with van der Waals surface area (Å²) in [5.74, 6) is 1.76. The van der Waals surface area contributed by atoms with Crippen molar-refractivity contribution in [3.05, 3.63) is 108 Å². The molecule has 0 saturated heterocycles. The van der Waals surface area contributed by atoms with E-state index >= 15 is 0 Å². The number of aromatic nitrogens is 3. The molecule has 1 saturated carbocycles. The van der Waals surface area contributed by atoms with Gasteiger partial charge in [-0.2, -0.15) is 0 Å². The van der Waals surface area contributed by atoms with Gasteiger partial charge in [0, 0.05) is 49.5 Å². The molecule has 1 aliphatic carbocycles. The van der Waals surface area contributed by atoms with E-state index in [1.54, 1.807) is 5.57 Å². The third-order valence-corrected chi connectivity index (χ3v) is 9.51. The Labute approximate surface area is 275 Å². The molecule has 0 N–H and O–H groups in total. The normalized spacial score (nSPS) is 18.2. The van der Waals surface area contributed by atoms with Crippen LogP contribution < -0.4 is 4.90 Å². The molecule has 4 heterocycles. The minimum atomic E-state index is -0.0556. The fraction of sp³-hybridized carbons (Fsp3) is 0.333. The number of benzene rings is 3. The third kappa shape index (κ3) is 5.04. The van der Waals surface area contributed by atoms with Crippen molar-refractivity contribution in [3.8, 4) is 22.6 Å². The molecule has 1 atom stereocenters. The molecule has 1 unspecified atom stereocenters. The number of pyridine rings is 1. The van der Waals surface area contributed by atoms with Gasteiger partial charge in [0.25, 0.3) is 0 Å². The largest absolute Gasteiger partial charge is 0.400 e. The van der Waals surface area contributed by atoms with Crippen LogP contribution in [0.2, 0.25) is 0 Å². The Kier molecular flexibility index (Phi) is 8.39. The van der Waals surface area contributed by atoms with E-state index in [9.17, 15) is 0 Å². The molecule has 3 aromatic carbocycles. The van der Waals surface area contributed by atoms with Crippen LogP contribution in [-0.2, 0) is 25.6 Å². The van der Waals surface area contributed by atoms with Gasteiger partial charge in [0.1, 0.15) is 0 Å². The maximum atomic E-state index is 4.96. The van der Waals surface area contributed by atoms with E-state index in [-0.39, 0.29) is 25.6 Å². The summed E-state index contributed by atoms with van der Waals surface area (Å²) in [4.78, 5) is 12.0. The molecule has 4 nitrogen and oxygen atoms in total. The van der Waals surface area contributed by atoms with E-state index in [0.29, 0.717) is 12.1 Å². The first kappa shape index (κ1) is 30.5. The third-order valence-electron chi connectivity index (χ3n) is 9.51. The molecule has 1 fully saturated rings. The second kappa shape index (κ2) is 12.1. The number of hydrogen-bond acceptors (Lipinski definition) is 3. The number of fused-ring (bicyclic) bond motifs is 3. The van der Waals surface area contributed by atoms with Crippen molar-refractivity contribution in [3.63, 3.8) is 0 Å². The maximum absolute atomic E-state index is 4.96. The fourth-order valence-electron chi connectivity index (χ4n) is 7.79. The zero-order valence-electron chi connectivity index (χ0n) is 26.3. The Balaban J connectivity index is 0.000000157. The summed E-state index contributed by atoms with van der Waals surface area (Å²) in [7, 11) is 0. The molecule has 0 spiro atoms. The van der Waals surface area contributed by atoms with Gasteiger partial charge in [0.15, 0.2) is 0 Å². The molecule has 44 heavy (non-hydrogen) atoms. The van der Waals surface area contributed by atoms with Crippen molar-refractivity contribution < 1.29 is 20.1 Å². The molecule has 3 aliphatic rings. The van der Waals surface area contributed by atoms with Crippen LogP contribution in [0.3, 0.4) is 0 Å². The second-order valence-electron chi connectivity index (χ2n) is 13.0. The molecule has 5 heteroatoms. The average molecular weight is 757 g/mol. The summed E-state index contributed by atoms with van der Waals surface area (Å²) in [5.41, 5.74) is 11.1. The fourth-order valence-corrected chi connectivity index (χ4v) is 7.79. The predicted molar refractivity (Wildman–Crippen MR) is 178 cm³/mol. The second-order valence-corrected chi connectivity index (χ2v) is 13.0. The van der Waals surface area contributed by atoms with Gasteiger partial charge in [0.05, 0.1) is 16.9 Å². The number of anilines is 1. The van der Waals surface area contributed by atoms with Crippen LogP contribution >= 0.6 is 0 Å². The summed E-state index contributed by atoms with van der Waals surface area (Å²) in [5, 5.41) is 0. The van der Waals surface area contributed by atoms with Gasteiger partial charge in [0.2, 0.25) is 0 Å². The van der Waals surface area contributed by atoms with Gasteiger partial charge in [-0.1, -0.05) is 37.1 Å². The van der Waals surface area contributed by atoms with Crippen molar-refractivity contribution in [1.29, 1.82) is 0 Å². The number of hydrogen-bond donors (Lipinski definition) is 0. The number of rotatable bonds is 3. The van der Waals surface area contributed by atoms with E-state index in [1.807, 2.05) is 30.5 Å². The predicted octanol–water partition coefficient (Wildman–Crippen LogP) is 9.66. The topological polar surface area (TPSA) is 34.0 Å². The van der Waals surface area contributed by atoms with Gasteiger partial charge < -0.3 is 14.5 Å². The first-order valence-corrected chi connectivity index (χ1v) is 15.8. The van der Waals surface area contributed by atoms with Gasteiger partial charge in [-0.15, -0.1) is 65.7 Å². The standard InChI is InChI=1S/C22H21N2.C17H19N2.Ir/c1-15-14-19(16-8-5-6-9-16)18-12-7-13-20-21(18)24(15)22(23-20)17-10-3-2-4-11-17;1-12(2)19-15-10-6-5-8-13(15)16-14(17(19,3)4)9-7-11-18-16;/h2-4,7,10,12-16H,5-6,8-9H2,1H3;5-7,9-12H,1-4H3;/q2*-1;. The molecule has 2 aliphatic heterocycles. The quantitative estimate of drug-likeness (QED) is 0.172. The Bertz CT molecular complexity index is 1810. The van der Waals surface area contributed by atoms with Crippen LogP contribution in [0, 0.1) is 18.1 Å². The smallest absolute Gasteiger partial charge is 0.0777 e. The van der Waals surface area contributed by atoms with Gasteiger partial charge in [-0.3, -0.25) is 4.98 Å². The minimum Gasteiger partial charge on any atom is -0.400 e. The molecule has 1 radical (unpaired) electrons. The van der Waals surface area contributed by atoms with Crippen LogP contribution in [0.1, 0.15) is 77.5 Å². The first-order chi connectivity index (χ1) is 20.9. The van der Waals surface area contributed by atoms with E-state index < -0.39 is 0 Å². The van der Waals surface area contributed by atoms with Crippen molar-refractivity contribution in [2.75, 3.05) is 4.90 Å². The van der Waals surface area contributed by atoms with Crippen molar-refractivity contribution >= 4 is 22.3 Å². The molecule has 0 bridgehead atoms. The Morgan fingerprint density at radius 1 is 0.909 bits per heavy atom. The van der Waals surface area contributed by atoms with Crippen molar-refractivity contribution in [2.45, 2.75) is 77.9 Å². The summed E-state index contributed by atoms with van der Waals surface area (Å²) in [6.07, 6.45) is 9.76. The van der Waals surface area contributed by atoms with Crippen LogP contribution in [0.15, 0.2) is 85.1 Å². The zero-order chi connectivity index (χ0) is 29.7. The Morgan fingerprint density at radius 3 is 2.45 bits per heavy atom. The van der Waals surface area contributed by atoms with Gasteiger partial charge >= 0.3 is 0 Å². The first-order valence-electron chi connectivity index (χ1n) is 15.8. The summed E-state index contributed by atoms with van der Waals surface area (Å²) < 4.78 is 2.40. The van der Waals surface area contributed by atoms with Crippen LogP contribution in [0.25, 0.3) is 39.3 Å². The van der Waals surface area contributed by atoms with Crippen molar-refractivity contribution in [1.82, 2.24) is 14.5 Å². The summed E-state index contributed by atoms with van der Waals surface area (Å²) >= 11 is 0. The SMILES string of the molecule is CC(C)N1c2ccc[c-]c2-c2ncccc2C1(C)C.CC1C=C(C2CCCC2)c2cccc3nc(-c4[c-]cccc4)n1c23.[Ir]. The van der Waals surface area contributed by atoms with Crippen LogP contribution in [-0.4, -0.2) is 20.6 Å². The number of imidazole rings is 1. The minimum absolute atomic E-state index is 0. The molecule has 0 amide bonds. The van der Waals surface area contributed by atoms with E-state index in [0.717, 1.165) is 34.1 Å². The zero-order valence-corrected chi connectivity index (χ0v) is 28.7. The average Bonchev–Trinajstić information content (AvgIpc) is 3.69. The van der Waals surface area contributed by atoms with Crippen molar-refractivity contribution in [2.24, 2.45) is 5.92 Å². The molecule has 8 rings (SSSR count). The van der Waals surface area contributed by atoms with Crippen LogP contribution in [0.4, 0.5) is 5.69 Å². The van der Waals surface area contributed by atoms with Gasteiger partial charge in [-0.25, -0.2) is 0 Å². The van der Waals surface area contributed by atoms with Gasteiger partial charge in [-0.05, 0) is 88.0 Å². The Morgan fingerprint density at radius 2 is 1.70 bits per heavy atom. The molecular formula is C39H40IrN4-2. The molecule has 227 valence electrons. The summed E-state index contributed by atoms with van der Waals surface area (Å²) in [6.45, 7) is 11.3. The van der Waals surface area contributed by atoms with E-state index in [4.69, 9.17) is 4.98 Å². The van der Waals surface area contributed by atoms with E-state index in [2.05, 4.69) is 116 Å². The number of allylic oxidation sites excluding steroid dienone is 2. The molecule has 5 aromatic rings. The number of nitrogens with zero attached hydrogens (tertiary/aromatic N) is 4. The van der Waals surface area contributed by atoms with Crippen LogP contribution in [0.5, 0.6) is 0 Å². The maximum Gasteiger partial charge on any atom is 0.0777 e. The monoisotopic (exact) mass is 757 g/mol. The Hall–Kier alpha value is -3.53. The molecular weight excluding hydrogens is 717 g/mol. The molecule has 2 aromatic heterocycles. The summed E-state index contributed by atoms with van der Waals surface area (Å²) in [6, 6.07) is 32.6. The van der Waals surface area contributed by atoms with E-state index in [1.165, 1.54) is 48.0 Å².